The minimum absolute atomic E-state index is 0.0941. The molecule has 0 aliphatic carbocycles. The summed E-state index contributed by atoms with van der Waals surface area (Å²) in [5.41, 5.74) is 0.859. The van der Waals surface area contributed by atoms with E-state index in [4.69, 9.17) is 4.42 Å². The average Bonchev–Trinajstić information content (AvgIpc) is 2.70. The predicted octanol–water partition coefficient (Wildman–Crippen LogP) is 2.72. The fraction of sp³-hybridized carbons (Fsp3) is 0.190. The highest BCUT2D eigenvalue weighted by atomic mass is 16.3. The molecule has 0 spiro atoms. The molecule has 136 valence electrons. The first kappa shape index (κ1) is 17.0. The highest BCUT2D eigenvalue weighted by Crippen LogP contribution is 2.21. The van der Waals surface area contributed by atoms with Gasteiger partial charge in [0.1, 0.15) is 11.6 Å². The summed E-state index contributed by atoms with van der Waals surface area (Å²) in [6.07, 6.45) is 1.32. The SMILES string of the molecule is O=C(N[C@H]1CCCN(c2ccccc2)C1=O)c1cc(=O)c2ccccc2o1. The van der Waals surface area contributed by atoms with E-state index in [-0.39, 0.29) is 17.1 Å². The highest BCUT2D eigenvalue weighted by molar-refractivity contribution is 6.02. The second-order valence-corrected chi connectivity index (χ2v) is 6.46. The van der Waals surface area contributed by atoms with Crippen molar-refractivity contribution >= 4 is 28.5 Å². The summed E-state index contributed by atoms with van der Waals surface area (Å²) in [7, 11) is 0. The van der Waals surface area contributed by atoms with Crippen molar-refractivity contribution in [3.63, 3.8) is 0 Å². The molecule has 1 aromatic heterocycles. The number of hydrogen-bond donors (Lipinski definition) is 1. The molecular weight excluding hydrogens is 344 g/mol. The molecule has 0 bridgehead atoms. The first-order valence-corrected chi connectivity index (χ1v) is 8.84. The molecule has 1 aliphatic rings. The maximum absolute atomic E-state index is 12.8. The van der Waals surface area contributed by atoms with Gasteiger partial charge in [-0.1, -0.05) is 30.3 Å². The molecule has 2 heterocycles. The summed E-state index contributed by atoms with van der Waals surface area (Å²) < 4.78 is 5.56. The third kappa shape index (κ3) is 3.33. The Bertz CT molecular complexity index is 1060. The summed E-state index contributed by atoms with van der Waals surface area (Å²) in [5.74, 6) is -0.821. The molecule has 1 atom stereocenters. The van der Waals surface area contributed by atoms with Crippen LogP contribution in [-0.4, -0.2) is 24.4 Å². The number of para-hydroxylation sites is 2. The van der Waals surface area contributed by atoms with E-state index < -0.39 is 11.9 Å². The van der Waals surface area contributed by atoms with Crippen LogP contribution in [0.15, 0.2) is 69.9 Å². The normalized spacial score (nSPS) is 17.1. The molecule has 1 N–H and O–H groups in total. The predicted molar refractivity (Wildman–Crippen MR) is 102 cm³/mol. The number of hydrogen-bond acceptors (Lipinski definition) is 4. The maximum Gasteiger partial charge on any atom is 0.287 e. The van der Waals surface area contributed by atoms with Crippen molar-refractivity contribution in [2.75, 3.05) is 11.4 Å². The number of anilines is 1. The third-order valence-electron chi connectivity index (χ3n) is 4.67. The van der Waals surface area contributed by atoms with Crippen molar-refractivity contribution in [1.29, 1.82) is 0 Å². The van der Waals surface area contributed by atoms with E-state index in [0.717, 1.165) is 12.1 Å². The summed E-state index contributed by atoms with van der Waals surface area (Å²) in [6, 6.07) is 16.6. The third-order valence-corrected chi connectivity index (χ3v) is 4.67. The molecule has 6 nitrogen and oxygen atoms in total. The van der Waals surface area contributed by atoms with Gasteiger partial charge in [0.15, 0.2) is 11.2 Å². The van der Waals surface area contributed by atoms with Crippen LogP contribution < -0.4 is 15.6 Å². The minimum Gasteiger partial charge on any atom is -0.451 e. The molecule has 0 saturated carbocycles. The Balaban J connectivity index is 1.56. The number of piperidine rings is 1. The standard InChI is InChI=1S/C21H18N2O4/c24-17-13-19(27-18-11-5-4-9-15(17)18)20(25)22-16-10-6-12-23(21(16)26)14-7-2-1-3-8-14/h1-5,7-9,11,13,16H,6,10,12H2,(H,22,25)/t16-/m0/s1. The fourth-order valence-corrected chi connectivity index (χ4v) is 3.32. The number of benzene rings is 2. The van der Waals surface area contributed by atoms with E-state index in [2.05, 4.69) is 5.32 Å². The lowest BCUT2D eigenvalue weighted by Gasteiger charge is -2.32. The molecular formula is C21H18N2O4. The van der Waals surface area contributed by atoms with Crippen molar-refractivity contribution < 1.29 is 14.0 Å². The molecule has 3 aromatic rings. The highest BCUT2D eigenvalue weighted by Gasteiger charge is 2.31. The van der Waals surface area contributed by atoms with E-state index >= 15 is 0 Å². The van der Waals surface area contributed by atoms with Gasteiger partial charge in [-0.25, -0.2) is 0 Å². The number of nitrogens with one attached hydrogen (secondary N) is 1. The van der Waals surface area contributed by atoms with Gasteiger partial charge >= 0.3 is 0 Å². The van der Waals surface area contributed by atoms with Crippen LogP contribution in [0.2, 0.25) is 0 Å². The van der Waals surface area contributed by atoms with Crippen molar-refractivity contribution in [2.24, 2.45) is 0 Å². The first-order valence-electron chi connectivity index (χ1n) is 8.84. The summed E-state index contributed by atoms with van der Waals surface area (Å²) >= 11 is 0. The molecule has 0 radical (unpaired) electrons. The van der Waals surface area contributed by atoms with Crippen molar-refractivity contribution in [2.45, 2.75) is 18.9 Å². The van der Waals surface area contributed by atoms with Gasteiger partial charge in [-0.15, -0.1) is 0 Å². The minimum atomic E-state index is -0.650. The molecule has 1 saturated heterocycles. The molecule has 4 rings (SSSR count). The maximum atomic E-state index is 12.8. The van der Waals surface area contributed by atoms with Crippen LogP contribution in [0.25, 0.3) is 11.0 Å². The monoisotopic (exact) mass is 362 g/mol. The Labute approximate surface area is 155 Å². The van der Waals surface area contributed by atoms with Crippen LogP contribution in [0.1, 0.15) is 23.4 Å². The zero-order valence-electron chi connectivity index (χ0n) is 14.6. The second kappa shape index (κ2) is 7.07. The Kier molecular flexibility index (Phi) is 4.46. The van der Waals surface area contributed by atoms with E-state index in [1.807, 2.05) is 30.3 Å². The molecule has 0 unspecified atom stereocenters. The Morgan fingerprint density at radius 1 is 1.04 bits per heavy atom. The summed E-state index contributed by atoms with van der Waals surface area (Å²) in [5, 5.41) is 3.13. The Hall–Kier alpha value is -3.41. The van der Waals surface area contributed by atoms with E-state index in [1.54, 1.807) is 29.2 Å². The first-order chi connectivity index (χ1) is 13.1. The fourth-order valence-electron chi connectivity index (χ4n) is 3.32. The van der Waals surface area contributed by atoms with Gasteiger partial charge in [0.25, 0.3) is 5.91 Å². The zero-order chi connectivity index (χ0) is 18.8. The molecule has 6 heteroatoms. The van der Waals surface area contributed by atoms with Gasteiger partial charge in [0.2, 0.25) is 5.91 Å². The summed E-state index contributed by atoms with van der Waals surface area (Å²) in [6.45, 7) is 0.611. The van der Waals surface area contributed by atoms with Crippen LogP contribution in [-0.2, 0) is 4.79 Å². The second-order valence-electron chi connectivity index (χ2n) is 6.46. The number of fused-ring (bicyclic) bond motifs is 1. The van der Waals surface area contributed by atoms with Gasteiger partial charge in [-0.3, -0.25) is 14.4 Å². The van der Waals surface area contributed by atoms with Gasteiger partial charge in [-0.2, -0.15) is 0 Å². The number of nitrogens with zero attached hydrogens (tertiary/aromatic N) is 1. The van der Waals surface area contributed by atoms with Crippen LogP contribution in [0, 0.1) is 0 Å². The van der Waals surface area contributed by atoms with Crippen LogP contribution in [0.3, 0.4) is 0 Å². The van der Waals surface area contributed by atoms with Crippen molar-refractivity contribution in [3.8, 4) is 0 Å². The van der Waals surface area contributed by atoms with Crippen LogP contribution >= 0.6 is 0 Å². The van der Waals surface area contributed by atoms with Crippen molar-refractivity contribution in [1.82, 2.24) is 5.32 Å². The lowest BCUT2D eigenvalue weighted by molar-refractivity contribution is -0.121. The Morgan fingerprint density at radius 3 is 2.59 bits per heavy atom. The largest absolute Gasteiger partial charge is 0.451 e. The molecule has 1 aliphatic heterocycles. The van der Waals surface area contributed by atoms with Crippen LogP contribution in [0.5, 0.6) is 0 Å². The quantitative estimate of drug-likeness (QED) is 0.777. The van der Waals surface area contributed by atoms with Crippen molar-refractivity contribution in [3.05, 3.63) is 76.6 Å². The number of rotatable bonds is 3. The van der Waals surface area contributed by atoms with Gasteiger partial charge in [-0.05, 0) is 37.1 Å². The number of carbonyl (C=O) groups is 2. The lowest BCUT2D eigenvalue weighted by atomic mass is 10.0. The molecule has 27 heavy (non-hydrogen) atoms. The van der Waals surface area contributed by atoms with Gasteiger partial charge in [0, 0.05) is 18.3 Å². The van der Waals surface area contributed by atoms with Gasteiger partial charge in [0.05, 0.1) is 5.39 Å². The van der Waals surface area contributed by atoms with Gasteiger partial charge < -0.3 is 14.6 Å². The number of amides is 2. The lowest BCUT2D eigenvalue weighted by Crippen LogP contribution is -2.52. The molecule has 2 amide bonds. The smallest absolute Gasteiger partial charge is 0.287 e. The topological polar surface area (TPSA) is 79.6 Å². The number of carbonyl (C=O) groups excluding carboxylic acids is 2. The van der Waals surface area contributed by atoms with E-state index in [0.29, 0.717) is 23.9 Å². The average molecular weight is 362 g/mol. The summed E-state index contributed by atoms with van der Waals surface area (Å²) in [4.78, 5) is 39.2. The zero-order valence-corrected chi connectivity index (χ0v) is 14.6. The van der Waals surface area contributed by atoms with E-state index in [9.17, 15) is 14.4 Å². The molecule has 1 fully saturated rings. The Morgan fingerprint density at radius 2 is 1.78 bits per heavy atom. The molecule has 2 aromatic carbocycles. The van der Waals surface area contributed by atoms with Crippen LogP contribution in [0.4, 0.5) is 5.69 Å². The van der Waals surface area contributed by atoms with E-state index in [1.165, 1.54) is 6.07 Å².